The summed E-state index contributed by atoms with van der Waals surface area (Å²) < 4.78 is 25.4. The molecule has 1 aliphatic carbocycles. The molecule has 1 aromatic carbocycles. The van der Waals surface area contributed by atoms with Crippen LogP contribution in [0.15, 0.2) is 22.7 Å². The molecular formula is C15H18BrFO2. The van der Waals surface area contributed by atoms with Gasteiger partial charge in [-0.25, -0.2) is 4.39 Å². The van der Waals surface area contributed by atoms with Crippen LogP contribution in [0, 0.1) is 5.82 Å². The van der Waals surface area contributed by atoms with Crippen molar-refractivity contribution in [2.75, 3.05) is 6.61 Å². The molecule has 0 radical (unpaired) electrons. The summed E-state index contributed by atoms with van der Waals surface area (Å²) in [6.07, 6.45) is 7.40. The highest BCUT2D eigenvalue weighted by Crippen LogP contribution is 2.43. The van der Waals surface area contributed by atoms with Crippen LogP contribution in [0.4, 0.5) is 4.39 Å². The zero-order valence-electron chi connectivity index (χ0n) is 10.8. The average molecular weight is 329 g/mol. The van der Waals surface area contributed by atoms with Crippen molar-refractivity contribution in [3.8, 4) is 5.75 Å². The van der Waals surface area contributed by atoms with E-state index in [4.69, 9.17) is 9.47 Å². The summed E-state index contributed by atoms with van der Waals surface area (Å²) in [5.41, 5.74) is 0.150. The third kappa shape index (κ3) is 2.95. The summed E-state index contributed by atoms with van der Waals surface area (Å²) in [7, 11) is 0. The number of ether oxygens (including phenoxy) is 2. The van der Waals surface area contributed by atoms with Gasteiger partial charge in [-0.2, -0.15) is 0 Å². The van der Waals surface area contributed by atoms with Gasteiger partial charge in [0.15, 0.2) is 0 Å². The Hall–Kier alpha value is -0.610. The first-order valence-electron chi connectivity index (χ1n) is 6.93. The first-order chi connectivity index (χ1) is 9.17. The monoisotopic (exact) mass is 328 g/mol. The minimum atomic E-state index is -0.269. The number of rotatable bonds is 3. The van der Waals surface area contributed by atoms with Crippen LogP contribution < -0.4 is 4.74 Å². The number of benzene rings is 1. The molecule has 1 saturated heterocycles. The van der Waals surface area contributed by atoms with E-state index in [-0.39, 0.29) is 17.5 Å². The predicted molar refractivity (Wildman–Crippen MR) is 74.9 cm³/mol. The lowest BCUT2D eigenvalue weighted by atomic mass is 9.98. The van der Waals surface area contributed by atoms with Crippen LogP contribution in [0.2, 0.25) is 0 Å². The minimum Gasteiger partial charge on any atom is -0.491 e. The highest BCUT2D eigenvalue weighted by Gasteiger charge is 2.42. The van der Waals surface area contributed by atoms with Gasteiger partial charge in [0.05, 0.1) is 16.2 Å². The molecule has 1 atom stereocenters. The molecule has 19 heavy (non-hydrogen) atoms. The Morgan fingerprint density at radius 3 is 2.84 bits per heavy atom. The summed E-state index contributed by atoms with van der Waals surface area (Å²) in [6.45, 7) is 0.555. The zero-order valence-corrected chi connectivity index (χ0v) is 12.4. The molecule has 2 aliphatic rings. The van der Waals surface area contributed by atoms with Gasteiger partial charge in [0.25, 0.3) is 0 Å². The molecule has 1 unspecified atom stereocenters. The normalized spacial score (nSPS) is 25.1. The fourth-order valence-corrected chi connectivity index (χ4v) is 3.51. The van der Waals surface area contributed by atoms with Crippen LogP contribution in [0.1, 0.15) is 38.5 Å². The van der Waals surface area contributed by atoms with Gasteiger partial charge < -0.3 is 9.47 Å². The van der Waals surface area contributed by atoms with Crippen molar-refractivity contribution in [3.63, 3.8) is 0 Å². The van der Waals surface area contributed by atoms with Crippen molar-refractivity contribution in [3.05, 3.63) is 28.5 Å². The van der Waals surface area contributed by atoms with E-state index < -0.39 is 0 Å². The van der Waals surface area contributed by atoms with Gasteiger partial charge in [0, 0.05) is 0 Å². The molecule has 1 aliphatic heterocycles. The minimum absolute atomic E-state index is 0.150. The lowest BCUT2D eigenvalue weighted by molar-refractivity contribution is -0.0508. The maximum Gasteiger partial charge on any atom is 0.137 e. The zero-order chi connectivity index (χ0) is 13.3. The third-order valence-corrected chi connectivity index (χ3v) is 4.79. The van der Waals surface area contributed by atoms with E-state index in [1.807, 2.05) is 0 Å². The number of hydrogen-bond acceptors (Lipinski definition) is 2. The summed E-state index contributed by atoms with van der Waals surface area (Å²) in [6, 6.07) is 4.73. The molecule has 1 heterocycles. The standard InChI is InChI=1S/C15H18BrFO2/c16-13-9-11(3-4-14(13)17)18-10-12-5-8-15(19-12)6-1-2-7-15/h3-4,9,12H,1-2,5-8,10H2. The Morgan fingerprint density at radius 1 is 1.32 bits per heavy atom. The molecule has 0 N–H and O–H groups in total. The average Bonchev–Trinajstić information content (AvgIpc) is 3.02. The van der Waals surface area contributed by atoms with Gasteiger partial charge in [0.1, 0.15) is 18.2 Å². The first kappa shape index (κ1) is 13.4. The SMILES string of the molecule is Fc1ccc(OCC2CCC3(CCCC3)O2)cc1Br. The fourth-order valence-electron chi connectivity index (χ4n) is 3.16. The quantitative estimate of drug-likeness (QED) is 0.815. The molecule has 3 rings (SSSR count). The Kier molecular flexibility index (Phi) is 3.81. The van der Waals surface area contributed by atoms with E-state index in [9.17, 15) is 4.39 Å². The summed E-state index contributed by atoms with van der Waals surface area (Å²) in [5.74, 6) is 0.415. The second-order valence-electron chi connectivity index (χ2n) is 5.56. The van der Waals surface area contributed by atoms with Crippen molar-refractivity contribution >= 4 is 15.9 Å². The van der Waals surface area contributed by atoms with Crippen molar-refractivity contribution in [1.82, 2.24) is 0 Å². The van der Waals surface area contributed by atoms with Crippen molar-refractivity contribution in [2.24, 2.45) is 0 Å². The molecule has 4 heteroatoms. The van der Waals surface area contributed by atoms with Gasteiger partial charge >= 0.3 is 0 Å². The van der Waals surface area contributed by atoms with E-state index in [1.165, 1.54) is 31.7 Å². The largest absolute Gasteiger partial charge is 0.491 e. The van der Waals surface area contributed by atoms with Crippen LogP contribution in [0.25, 0.3) is 0 Å². The van der Waals surface area contributed by atoms with Gasteiger partial charge in [0.2, 0.25) is 0 Å². The lowest BCUT2D eigenvalue weighted by Crippen LogP contribution is -2.27. The maximum atomic E-state index is 13.1. The molecule has 1 saturated carbocycles. The van der Waals surface area contributed by atoms with E-state index in [0.717, 1.165) is 12.8 Å². The smallest absolute Gasteiger partial charge is 0.137 e. The van der Waals surface area contributed by atoms with E-state index >= 15 is 0 Å². The predicted octanol–water partition coefficient (Wildman–Crippen LogP) is 4.46. The topological polar surface area (TPSA) is 18.5 Å². The van der Waals surface area contributed by atoms with Crippen LogP contribution in [0.3, 0.4) is 0 Å². The van der Waals surface area contributed by atoms with E-state index in [0.29, 0.717) is 16.8 Å². The summed E-state index contributed by atoms with van der Waals surface area (Å²) in [5, 5.41) is 0. The molecule has 2 fully saturated rings. The molecule has 104 valence electrons. The highest BCUT2D eigenvalue weighted by molar-refractivity contribution is 9.10. The van der Waals surface area contributed by atoms with Crippen molar-refractivity contribution in [2.45, 2.75) is 50.2 Å². The number of halogens is 2. The number of hydrogen-bond donors (Lipinski definition) is 0. The van der Waals surface area contributed by atoms with Crippen molar-refractivity contribution < 1.29 is 13.9 Å². The maximum absolute atomic E-state index is 13.1. The molecular weight excluding hydrogens is 311 g/mol. The molecule has 1 aromatic rings. The van der Waals surface area contributed by atoms with Crippen LogP contribution in [-0.4, -0.2) is 18.3 Å². The van der Waals surface area contributed by atoms with Gasteiger partial charge in [-0.15, -0.1) is 0 Å². The van der Waals surface area contributed by atoms with E-state index in [1.54, 1.807) is 12.1 Å². The van der Waals surface area contributed by atoms with Crippen LogP contribution >= 0.6 is 15.9 Å². The van der Waals surface area contributed by atoms with Gasteiger partial charge in [-0.3, -0.25) is 0 Å². The second-order valence-corrected chi connectivity index (χ2v) is 6.41. The van der Waals surface area contributed by atoms with Gasteiger partial charge in [-0.05, 0) is 59.8 Å². The third-order valence-electron chi connectivity index (χ3n) is 4.18. The molecule has 2 nitrogen and oxygen atoms in total. The summed E-state index contributed by atoms with van der Waals surface area (Å²) in [4.78, 5) is 0. The van der Waals surface area contributed by atoms with Crippen LogP contribution in [0.5, 0.6) is 5.75 Å². The summed E-state index contributed by atoms with van der Waals surface area (Å²) >= 11 is 3.16. The molecule has 0 aromatic heterocycles. The molecule has 0 bridgehead atoms. The van der Waals surface area contributed by atoms with Crippen LogP contribution in [-0.2, 0) is 4.74 Å². The Bertz CT molecular complexity index is 457. The van der Waals surface area contributed by atoms with Crippen molar-refractivity contribution in [1.29, 1.82) is 0 Å². The van der Waals surface area contributed by atoms with Gasteiger partial charge in [-0.1, -0.05) is 12.8 Å². The van der Waals surface area contributed by atoms with E-state index in [2.05, 4.69) is 15.9 Å². The molecule has 1 spiro atoms. The second kappa shape index (κ2) is 5.41. The fraction of sp³-hybridized carbons (Fsp3) is 0.600. The highest BCUT2D eigenvalue weighted by atomic mass is 79.9. The Morgan fingerprint density at radius 2 is 2.11 bits per heavy atom. The molecule has 0 amide bonds. The Balaban J connectivity index is 1.54. The Labute approximate surface area is 121 Å². The lowest BCUT2D eigenvalue weighted by Gasteiger charge is -2.23. The first-order valence-corrected chi connectivity index (χ1v) is 7.72.